The van der Waals surface area contributed by atoms with E-state index >= 15 is 0 Å². The van der Waals surface area contributed by atoms with Crippen molar-refractivity contribution in [1.82, 2.24) is 4.90 Å². The van der Waals surface area contributed by atoms with Crippen LogP contribution in [-0.4, -0.2) is 30.6 Å². The number of anilines is 2. The van der Waals surface area contributed by atoms with Gasteiger partial charge in [-0.1, -0.05) is 19.9 Å². The molecule has 3 N–H and O–H groups in total. The van der Waals surface area contributed by atoms with Gasteiger partial charge in [-0.25, -0.2) is 0 Å². The van der Waals surface area contributed by atoms with E-state index in [2.05, 4.69) is 44.0 Å². The van der Waals surface area contributed by atoms with Crippen molar-refractivity contribution in [3.63, 3.8) is 0 Å². The van der Waals surface area contributed by atoms with Crippen LogP contribution in [0.5, 0.6) is 0 Å². The lowest BCUT2D eigenvalue weighted by Gasteiger charge is -2.24. The largest absolute Gasteiger partial charge is 0.399 e. The Balaban J connectivity index is 2.61. The number of nitrogen functional groups attached to an aromatic ring is 1. The van der Waals surface area contributed by atoms with Gasteiger partial charge >= 0.3 is 0 Å². The van der Waals surface area contributed by atoms with E-state index in [0.717, 1.165) is 31.0 Å². The SMILES string of the molecule is CCN(CC)CC(C)Nc1cc(N)ccc1C. The normalized spacial score (nSPS) is 12.8. The number of hydrogen-bond donors (Lipinski definition) is 2. The molecule has 0 saturated heterocycles. The van der Waals surface area contributed by atoms with Crippen LogP contribution in [0.25, 0.3) is 0 Å². The van der Waals surface area contributed by atoms with Gasteiger partial charge in [-0.2, -0.15) is 0 Å². The Labute approximate surface area is 105 Å². The summed E-state index contributed by atoms with van der Waals surface area (Å²) < 4.78 is 0. The maximum absolute atomic E-state index is 5.81. The number of nitrogens with zero attached hydrogens (tertiary/aromatic N) is 1. The second-order valence-corrected chi connectivity index (χ2v) is 4.61. The fourth-order valence-corrected chi connectivity index (χ4v) is 1.98. The third kappa shape index (κ3) is 4.27. The van der Waals surface area contributed by atoms with Gasteiger partial charge in [-0.15, -0.1) is 0 Å². The summed E-state index contributed by atoms with van der Waals surface area (Å²) in [4.78, 5) is 2.42. The van der Waals surface area contributed by atoms with Crippen LogP contribution >= 0.6 is 0 Å². The van der Waals surface area contributed by atoms with Crippen LogP contribution in [0.3, 0.4) is 0 Å². The van der Waals surface area contributed by atoms with Crippen molar-refractivity contribution in [3.05, 3.63) is 23.8 Å². The second kappa shape index (κ2) is 6.50. The molecule has 1 aromatic rings. The van der Waals surface area contributed by atoms with Crippen LogP contribution in [0.4, 0.5) is 11.4 Å². The molecule has 96 valence electrons. The quantitative estimate of drug-likeness (QED) is 0.745. The van der Waals surface area contributed by atoms with Gasteiger partial charge in [0.05, 0.1) is 0 Å². The molecule has 3 nitrogen and oxygen atoms in total. The Morgan fingerprint density at radius 3 is 2.53 bits per heavy atom. The first-order valence-corrected chi connectivity index (χ1v) is 6.41. The van der Waals surface area contributed by atoms with E-state index in [1.54, 1.807) is 0 Å². The molecule has 1 unspecified atom stereocenters. The summed E-state index contributed by atoms with van der Waals surface area (Å²) in [5.74, 6) is 0. The summed E-state index contributed by atoms with van der Waals surface area (Å²) in [7, 11) is 0. The molecular formula is C14H25N3. The molecule has 0 aliphatic rings. The summed E-state index contributed by atoms with van der Waals surface area (Å²) in [6.07, 6.45) is 0. The number of rotatable bonds is 6. The van der Waals surface area contributed by atoms with E-state index < -0.39 is 0 Å². The second-order valence-electron chi connectivity index (χ2n) is 4.61. The topological polar surface area (TPSA) is 41.3 Å². The maximum Gasteiger partial charge on any atom is 0.0393 e. The number of hydrogen-bond acceptors (Lipinski definition) is 3. The zero-order valence-corrected chi connectivity index (χ0v) is 11.5. The van der Waals surface area contributed by atoms with Gasteiger partial charge in [0.2, 0.25) is 0 Å². The van der Waals surface area contributed by atoms with Crippen molar-refractivity contribution in [3.8, 4) is 0 Å². The first kappa shape index (κ1) is 13.8. The molecule has 1 atom stereocenters. The van der Waals surface area contributed by atoms with Crippen molar-refractivity contribution in [2.75, 3.05) is 30.7 Å². The number of likely N-dealkylation sites (N-methyl/N-ethyl adjacent to an activating group) is 1. The average molecular weight is 235 g/mol. The average Bonchev–Trinajstić information content (AvgIpc) is 2.31. The molecule has 0 fully saturated rings. The highest BCUT2D eigenvalue weighted by Gasteiger charge is 2.08. The van der Waals surface area contributed by atoms with Gasteiger partial charge < -0.3 is 16.0 Å². The highest BCUT2D eigenvalue weighted by Crippen LogP contribution is 2.19. The van der Waals surface area contributed by atoms with E-state index in [-0.39, 0.29) is 0 Å². The number of aryl methyl sites for hydroxylation is 1. The van der Waals surface area contributed by atoms with Crippen LogP contribution < -0.4 is 11.1 Å². The van der Waals surface area contributed by atoms with Gasteiger partial charge in [-0.05, 0) is 44.6 Å². The molecule has 17 heavy (non-hydrogen) atoms. The minimum Gasteiger partial charge on any atom is -0.399 e. The van der Waals surface area contributed by atoms with Crippen LogP contribution in [0.15, 0.2) is 18.2 Å². The summed E-state index contributed by atoms with van der Waals surface area (Å²) in [6.45, 7) is 12.0. The molecule has 0 saturated carbocycles. The van der Waals surface area contributed by atoms with Gasteiger partial charge in [0.1, 0.15) is 0 Å². The Kier molecular flexibility index (Phi) is 5.29. The summed E-state index contributed by atoms with van der Waals surface area (Å²) in [5.41, 5.74) is 9.00. The standard InChI is InChI=1S/C14H25N3/c1-5-17(6-2)10-12(4)16-14-9-13(15)8-7-11(14)3/h7-9,12,16H,5-6,10,15H2,1-4H3. The summed E-state index contributed by atoms with van der Waals surface area (Å²) >= 11 is 0. The fourth-order valence-electron chi connectivity index (χ4n) is 1.98. The predicted molar refractivity (Wildman–Crippen MR) is 76.5 cm³/mol. The third-order valence-corrected chi connectivity index (χ3v) is 3.09. The van der Waals surface area contributed by atoms with Crippen molar-refractivity contribution in [1.29, 1.82) is 0 Å². The molecule has 0 aliphatic heterocycles. The molecule has 1 rings (SSSR count). The van der Waals surface area contributed by atoms with E-state index in [9.17, 15) is 0 Å². The Morgan fingerprint density at radius 1 is 1.29 bits per heavy atom. The third-order valence-electron chi connectivity index (χ3n) is 3.09. The Bertz CT molecular complexity index is 345. The molecule has 3 heteroatoms. The van der Waals surface area contributed by atoms with Crippen LogP contribution in [0.2, 0.25) is 0 Å². The molecule has 0 aliphatic carbocycles. The van der Waals surface area contributed by atoms with E-state index in [4.69, 9.17) is 5.73 Å². The fraction of sp³-hybridized carbons (Fsp3) is 0.571. The molecule has 0 aromatic heterocycles. The predicted octanol–water partition coefficient (Wildman–Crippen LogP) is 2.72. The highest BCUT2D eigenvalue weighted by atomic mass is 15.1. The molecule has 0 radical (unpaired) electrons. The van der Waals surface area contributed by atoms with Crippen molar-refractivity contribution in [2.45, 2.75) is 33.7 Å². The molecule has 0 spiro atoms. The lowest BCUT2D eigenvalue weighted by atomic mass is 10.1. The molecule has 0 heterocycles. The first-order chi connectivity index (χ1) is 8.06. The van der Waals surface area contributed by atoms with Crippen molar-refractivity contribution in [2.24, 2.45) is 0 Å². The lowest BCUT2D eigenvalue weighted by Crippen LogP contribution is -2.34. The van der Waals surface area contributed by atoms with Crippen molar-refractivity contribution < 1.29 is 0 Å². The zero-order valence-electron chi connectivity index (χ0n) is 11.5. The van der Waals surface area contributed by atoms with E-state index in [1.165, 1.54) is 5.56 Å². The van der Waals surface area contributed by atoms with Gasteiger partial charge in [0, 0.05) is 24.0 Å². The Hall–Kier alpha value is -1.22. The first-order valence-electron chi connectivity index (χ1n) is 6.41. The molecule has 0 bridgehead atoms. The minimum absolute atomic E-state index is 0.426. The minimum atomic E-state index is 0.426. The maximum atomic E-state index is 5.81. The van der Waals surface area contributed by atoms with Crippen LogP contribution in [0, 0.1) is 6.92 Å². The lowest BCUT2D eigenvalue weighted by molar-refractivity contribution is 0.295. The van der Waals surface area contributed by atoms with E-state index in [0.29, 0.717) is 6.04 Å². The molecule has 1 aromatic carbocycles. The molecular weight excluding hydrogens is 210 g/mol. The van der Waals surface area contributed by atoms with Crippen molar-refractivity contribution >= 4 is 11.4 Å². The van der Waals surface area contributed by atoms with Gasteiger partial charge in [0.25, 0.3) is 0 Å². The smallest absolute Gasteiger partial charge is 0.0393 e. The number of benzene rings is 1. The number of nitrogens with two attached hydrogens (primary N) is 1. The van der Waals surface area contributed by atoms with Gasteiger partial charge in [0.15, 0.2) is 0 Å². The number of nitrogens with one attached hydrogen (secondary N) is 1. The van der Waals surface area contributed by atoms with Crippen LogP contribution in [0.1, 0.15) is 26.3 Å². The Morgan fingerprint density at radius 2 is 1.94 bits per heavy atom. The summed E-state index contributed by atoms with van der Waals surface area (Å²) in [5, 5.41) is 3.53. The van der Waals surface area contributed by atoms with Gasteiger partial charge in [-0.3, -0.25) is 0 Å². The van der Waals surface area contributed by atoms with Crippen LogP contribution in [-0.2, 0) is 0 Å². The van der Waals surface area contributed by atoms with E-state index in [1.807, 2.05) is 12.1 Å². The highest BCUT2D eigenvalue weighted by molar-refractivity contribution is 5.59. The monoisotopic (exact) mass is 235 g/mol. The molecule has 0 amide bonds. The summed E-state index contributed by atoms with van der Waals surface area (Å²) in [6, 6.07) is 6.43. The zero-order chi connectivity index (χ0) is 12.8.